The molecule has 2 aromatic rings. The van der Waals surface area contributed by atoms with Crippen molar-refractivity contribution in [3.05, 3.63) is 65.7 Å². The molecule has 2 rings (SSSR count). The molecular formula is C18H23NO. The molecule has 0 aromatic heterocycles. The Hall–Kier alpha value is -1.80. The Morgan fingerprint density at radius 1 is 1.00 bits per heavy atom. The monoisotopic (exact) mass is 269 g/mol. The summed E-state index contributed by atoms with van der Waals surface area (Å²) in [5, 5.41) is 0. The number of rotatable bonds is 7. The van der Waals surface area contributed by atoms with Crippen LogP contribution in [0, 0.1) is 0 Å². The maximum Gasteiger partial charge on any atom is 0.118 e. The quantitative estimate of drug-likeness (QED) is 0.830. The summed E-state index contributed by atoms with van der Waals surface area (Å²) >= 11 is 0. The lowest BCUT2D eigenvalue weighted by Crippen LogP contribution is -2.12. The number of benzene rings is 2. The first-order valence-electron chi connectivity index (χ1n) is 7.21. The smallest absolute Gasteiger partial charge is 0.118 e. The lowest BCUT2D eigenvalue weighted by molar-refractivity contribution is 0.414. The Bertz CT molecular complexity index is 493. The highest BCUT2D eigenvalue weighted by Crippen LogP contribution is 2.21. The van der Waals surface area contributed by atoms with E-state index in [0.29, 0.717) is 12.5 Å². The van der Waals surface area contributed by atoms with Gasteiger partial charge in [-0.2, -0.15) is 0 Å². The van der Waals surface area contributed by atoms with Crippen LogP contribution in [0.2, 0.25) is 0 Å². The third kappa shape index (κ3) is 4.10. The van der Waals surface area contributed by atoms with Crippen LogP contribution in [0.25, 0.3) is 0 Å². The SMILES string of the molecule is COc1ccc(CCCC(CN)c2ccccc2)cc1. The van der Waals surface area contributed by atoms with Gasteiger partial charge in [-0.15, -0.1) is 0 Å². The van der Waals surface area contributed by atoms with E-state index < -0.39 is 0 Å². The third-order valence-electron chi connectivity index (χ3n) is 3.73. The first kappa shape index (κ1) is 14.6. The van der Waals surface area contributed by atoms with Crippen LogP contribution in [-0.2, 0) is 6.42 Å². The molecule has 2 aromatic carbocycles. The first-order valence-corrected chi connectivity index (χ1v) is 7.21. The molecule has 1 atom stereocenters. The van der Waals surface area contributed by atoms with Crippen LogP contribution in [0.5, 0.6) is 5.75 Å². The first-order chi connectivity index (χ1) is 9.83. The predicted octanol–water partition coefficient (Wildman–Crippen LogP) is 3.76. The predicted molar refractivity (Wildman–Crippen MR) is 84.2 cm³/mol. The van der Waals surface area contributed by atoms with E-state index in [2.05, 4.69) is 42.5 Å². The minimum atomic E-state index is 0.467. The van der Waals surface area contributed by atoms with Gasteiger partial charge in [-0.05, 0) is 55.0 Å². The van der Waals surface area contributed by atoms with Crippen LogP contribution in [-0.4, -0.2) is 13.7 Å². The van der Waals surface area contributed by atoms with Gasteiger partial charge in [-0.1, -0.05) is 42.5 Å². The van der Waals surface area contributed by atoms with Crippen LogP contribution < -0.4 is 10.5 Å². The van der Waals surface area contributed by atoms with Gasteiger partial charge in [0.15, 0.2) is 0 Å². The maximum absolute atomic E-state index is 5.91. The largest absolute Gasteiger partial charge is 0.497 e. The van der Waals surface area contributed by atoms with Gasteiger partial charge in [0.2, 0.25) is 0 Å². The fourth-order valence-electron chi connectivity index (χ4n) is 2.49. The zero-order valence-electron chi connectivity index (χ0n) is 12.1. The molecule has 0 amide bonds. The Kier molecular flexibility index (Phi) is 5.63. The molecule has 0 aliphatic rings. The van der Waals surface area contributed by atoms with E-state index in [0.717, 1.165) is 25.0 Å². The number of aryl methyl sites for hydroxylation is 1. The molecule has 106 valence electrons. The Morgan fingerprint density at radius 3 is 2.30 bits per heavy atom. The van der Waals surface area contributed by atoms with Gasteiger partial charge in [0.05, 0.1) is 7.11 Å². The molecule has 0 spiro atoms. The molecule has 0 saturated heterocycles. The molecule has 0 radical (unpaired) electrons. The topological polar surface area (TPSA) is 35.2 Å². The molecule has 0 bridgehead atoms. The van der Waals surface area contributed by atoms with Crippen molar-refractivity contribution in [3.8, 4) is 5.75 Å². The lowest BCUT2D eigenvalue weighted by atomic mass is 9.93. The molecule has 1 unspecified atom stereocenters. The molecule has 20 heavy (non-hydrogen) atoms. The fourth-order valence-corrected chi connectivity index (χ4v) is 2.49. The van der Waals surface area contributed by atoms with E-state index in [9.17, 15) is 0 Å². The Balaban J connectivity index is 1.84. The van der Waals surface area contributed by atoms with Crippen molar-refractivity contribution in [2.45, 2.75) is 25.2 Å². The van der Waals surface area contributed by atoms with E-state index >= 15 is 0 Å². The zero-order valence-corrected chi connectivity index (χ0v) is 12.1. The van der Waals surface area contributed by atoms with Crippen LogP contribution in [0.15, 0.2) is 54.6 Å². The Morgan fingerprint density at radius 2 is 1.70 bits per heavy atom. The normalized spacial score (nSPS) is 12.1. The molecule has 0 aliphatic heterocycles. The minimum absolute atomic E-state index is 0.467. The van der Waals surface area contributed by atoms with Crippen LogP contribution in [0.4, 0.5) is 0 Å². The van der Waals surface area contributed by atoms with Crippen molar-refractivity contribution in [1.82, 2.24) is 0 Å². The summed E-state index contributed by atoms with van der Waals surface area (Å²) < 4.78 is 5.17. The highest BCUT2D eigenvalue weighted by Gasteiger charge is 2.08. The third-order valence-corrected chi connectivity index (χ3v) is 3.73. The van der Waals surface area contributed by atoms with Crippen molar-refractivity contribution < 1.29 is 4.74 Å². The maximum atomic E-state index is 5.91. The molecular weight excluding hydrogens is 246 g/mol. The van der Waals surface area contributed by atoms with E-state index in [1.54, 1.807) is 7.11 Å². The highest BCUT2D eigenvalue weighted by atomic mass is 16.5. The second kappa shape index (κ2) is 7.71. The molecule has 2 N–H and O–H groups in total. The summed E-state index contributed by atoms with van der Waals surface area (Å²) in [5.41, 5.74) is 8.61. The van der Waals surface area contributed by atoms with Gasteiger partial charge in [0, 0.05) is 0 Å². The van der Waals surface area contributed by atoms with Gasteiger partial charge in [-0.3, -0.25) is 0 Å². The minimum Gasteiger partial charge on any atom is -0.497 e. The zero-order chi connectivity index (χ0) is 14.2. The summed E-state index contributed by atoms with van der Waals surface area (Å²) in [5.74, 6) is 1.38. The second-order valence-corrected chi connectivity index (χ2v) is 5.08. The molecule has 0 heterocycles. The van der Waals surface area contributed by atoms with E-state index in [4.69, 9.17) is 10.5 Å². The molecule has 0 aliphatic carbocycles. The second-order valence-electron chi connectivity index (χ2n) is 5.08. The van der Waals surface area contributed by atoms with E-state index in [-0.39, 0.29) is 0 Å². The highest BCUT2D eigenvalue weighted by molar-refractivity contribution is 5.27. The average molecular weight is 269 g/mol. The number of hydrogen-bond acceptors (Lipinski definition) is 2. The van der Waals surface area contributed by atoms with Gasteiger partial charge in [0.1, 0.15) is 5.75 Å². The average Bonchev–Trinajstić information content (AvgIpc) is 2.53. The van der Waals surface area contributed by atoms with Crippen molar-refractivity contribution in [3.63, 3.8) is 0 Å². The number of nitrogens with two attached hydrogens (primary N) is 1. The van der Waals surface area contributed by atoms with Crippen LogP contribution in [0.3, 0.4) is 0 Å². The van der Waals surface area contributed by atoms with E-state index in [1.807, 2.05) is 12.1 Å². The summed E-state index contributed by atoms with van der Waals surface area (Å²) in [6.07, 6.45) is 3.38. The van der Waals surface area contributed by atoms with Crippen molar-refractivity contribution >= 4 is 0 Å². The number of hydrogen-bond donors (Lipinski definition) is 1. The van der Waals surface area contributed by atoms with Gasteiger partial charge in [-0.25, -0.2) is 0 Å². The lowest BCUT2D eigenvalue weighted by Gasteiger charge is -2.15. The van der Waals surface area contributed by atoms with Gasteiger partial charge >= 0.3 is 0 Å². The number of ether oxygens (including phenoxy) is 1. The molecule has 0 saturated carbocycles. The van der Waals surface area contributed by atoms with E-state index in [1.165, 1.54) is 11.1 Å². The summed E-state index contributed by atoms with van der Waals surface area (Å²) in [4.78, 5) is 0. The number of methoxy groups -OCH3 is 1. The van der Waals surface area contributed by atoms with Gasteiger partial charge in [0.25, 0.3) is 0 Å². The summed E-state index contributed by atoms with van der Waals surface area (Å²) in [6.45, 7) is 0.715. The van der Waals surface area contributed by atoms with Gasteiger partial charge < -0.3 is 10.5 Å². The molecule has 2 heteroatoms. The van der Waals surface area contributed by atoms with Crippen LogP contribution in [0.1, 0.15) is 29.9 Å². The van der Waals surface area contributed by atoms with Crippen LogP contribution >= 0.6 is 0 Å². The molecule has 2 nitrogen and oxygen atoms in total. The van der Waals surface area contributed by atoms with Crippen molar-refractivity contribution in [2.75, 3.05) is 13.7 Å². The standard InChI is InChI=1S/C18H23NO/c1-20-18-12-10-15(11-13-18)6-5-9-17(14-19)16-7-3-2-4-8-16/h2-4,7-8,10-13,17H,5-6,9,14,19H2,1H3. The molecule has 0 fully saturated rings. The van der Waals surface area contributed by atoms with Crippen molar-refractivity contribution in [2.24, 2.45) is 5.73 Å². The Labute approximate surface area is 121 Å². The summed E-state index contributed by atoms with van der Waals surface area (Å²) in [7, 11) is 1.70. The summed E-state index contributed by atoms with van der Waals surface area (Å²) in [6, 6.07) is 18.9. The van der Waals surface area contributed by atoms with Crippen molar-refractivity contribution in [1.29, 1.82) is 0 Å². The fraction of sp³-hybridized carbons (Fsp3) is 0.333.